The van der Waals surface area contributed by atoms with Crippen LogP contribution in [0.5, 0.6) is 5.75 Å². The molecule has 0 amide bonds. The van der Waals surface area contributed by atoms with E-state index in [0.717, 1.165) is 103 Å². The monoisotopic (exact) mass is 795 g/mol. The Morgan fingerprint density at radius 1 is 0.435 bits per heavy atom. The molecule has 1 aliphatic heterocycles. The predicted octanol–water partition coefficient (Wildman–Crippen LogP) is 13.0. The molecule has 292 valence electrons. The SMILES string of the molecule is C1=C2Oc3ccccc3C3(C2=CCC1)c1cccc(-c2nc(-c4ccccc4)cc(-c4ccccc4)n2)c1-c1c(-c2ccc(-c4cccnc4)nc2-c2cccnc2)cccc13. The van der Waals surface area contributed by atoms with E-state index in [2.05, 4.69) is 156 Å². The molecule has 9 aromatic rings. The number of para-hydroxylation sites is 1. The first-order valence-electron chi connectivity index (χ1n) is 21.0. The van der Waals surface area contributed by atoms with Crippen LogP contribution in [0.2, 0.25) is 0 Å². The van der Waals surface area contributed by atoms with Gasteiger partial charge in [0.15, 0.2) is 5.82 Å². The van der Waals surface area contributed by atoms with E-state index in [4.69, 9.17) is 19.7 Å². The second-order valence-corrected chi connectivity index (χ2v) is 15.8. The maximum atomic E-state index is 6.79. The Balaban J connectivity index is 1.20. The number of fused-ring (bicyclic) bond motifs is 9. The van der Waals surface area contributed by atoms with E-state index in [9.17, 15) is 0 Å². The Bertz CT molecular complexity index is 3200. The number of pyridine rings is 3. The fraction of sp³-hybridized carbons (Fsp3) is 0.0536. The second-order valence-electron chi connectivity index (χ2n) is 15.8. The third-order valence-corrected chi connectivity index (χ3v) is 12.4. The molecule has 6 heteroatoms. The smallest absolute Gasteiger partial charge is 0.161 e. The molecular formula is C56H37N5O. The van der Waals surface area contributed by atoms with E-state index in [1.807, 2.05) is 42.7 Å². The normalized spacial score (nSPS) is 15.7. The quantitative estimate of drug-likeness (QED) is 0.167. The van der Waals surface area contributed by atoms with E-state index in [1.165, 1.54) is 16.7 Å². The number of rotatable bonds is 6. The summed E-state index contributed by atoms with van der Waals surface area (Å²) in [6, 6.07) is 57.2. The molecule has 1 unspecified atom stereocenters. The van der Waals surface area contributed by atoms with Crippen LogP contribution in [0.4, 0.5) is 0 Å². The van der Waals surface area contributed by atoms with Crippen LogP contribution >= 0.6 is 0 Å². The maximum absolute atomic E-state index is 6.79. The van der Waals surface area contributed by atoms with Crippen molar-refractivity contribution in [1.82, 2.24) is 24.9 Å². The standard InChI is InChI=1S/C56H37N5O/c1-3-15-36(16-4-1)48-33-49(37-17-5-2-6-18-37)61-55(60-48)42-22-12-26-46-53(42)52-40(41-29-30-47(38-19-13-31-57-34-38)59-54(41)39-20-14-32-58-35-39)21-11-25-45(52)56(46)43-23-7-9-27-50(43)62-51-28-10-8-24-44(51)56/h1-7,9,11-35H,8,10H2. The highest BCUT2D eigenvalue weighted by atomic mass is 16.5. The van der Waals surface area contributed by atoms with Crippen molar-refractivity contribution in [3.63, 3.8) is 0 Å². The lowest BCUT2D eigenvalue weighted by Gasteiger charge is -2.42. The summed E-state index contributed by atoms with van der Waals surface area (Å²) in [6.45, 7) is 0. The molecule has 2 aliphatic carbocycles. The molecule has 0 saturated carbocycles. The summed E-state index contributed by atoms with van der Waals surface area (Å²) >= 11 is 0. The Kier molecular flexibility index (Phi) is 8.42. The van der Waals surface area contributed by atoms with Crippen molar-refractivity contribution >= 4 is 0 Å². The third kappa shape index (κ3) is 5.61. The molecule has 3 aliphatic rings. The average Bonchev–Trinajstić information content (AvgIpc) is 3.66. The number of hydrogen-bond donors (Lipinski definition) is 0. The first-order chi connectivity index (χ1) is 30.8. The van der Waals surface area contributed by atoms with Gasteiger partial charge in [0.1, 0.15) is 11.5 Å². The summed E-state index contributed by atoms with van der Waals surface area (Å²) in [5.41, 5.74) is 16.5. The number of nitrogens with zero attached hydrogens (tertiary/aromatic N) is 5. The fourth-order valence-corrected chi connectivity index (χ4v) is 9.78. The molecule has 12 rings (SSSR count). The molecule has 0 radical (unpaired) electrons. The predicted molar refractivity (Wildman–Crippen MR) is 246 cm³/mol. The van der Waals surface area contributed by atoms with Gasteiger partial charge in [-0.25, -0.2) is 15.0 Å². The molecule has 5 aromatic carbocycles. The van der Waals surface area contributed by atoms with Crippen molar-refractivity contribution in [2.45, 2.75) is 18.3 Å². The van der Waals surface area contributed by atoms with Gasteiger partial charge in [0.25, 0.3) is 0 Å². The van der Waals surface area contributed by atoms with Crippen LogP contribution in [0, 0.1) is 0 Å². The highest BCUT2D eigenvalue weighted by Crippen LogP contribution is 2.65. The number of ether oxygens (including phenoxy) is 1. The zero-order valence-corrected chi connectivity index (χ0v) is 33.6. The number of benzene rings is 5. The van der Waals surface area contributed by atoms with E-state index in [0.29, 0.717) is 5.82 Å². The highest BCUT2D eigenvalue weighted by molar-refractivity contribution is 6.03. The van der Waals surface area contributed by atoms with Gasteiger partial charge in [-0.1, -0.05) is 121 Å². The van der Waals surface area contributed by atoms with Crippen LogP contribution in [0.1, 0.15) is 29.5 Å². The Morgan fingerprint density at radius 3 is 1.73 bits per heavy atom. The minimum absolute atomic E-state index is 0.658. The van der Waals surface area contributed by atoms with Gasteiger partial charge in [0.2, 0.25) is 0 Å². The van der Waals surface area contributed by atoms with Crippen molar-refractivity contribution in [1.29, 1.82) is 0 Å². The first-order valence-corrected chi connectivity index (χ1v) is 21.0. The van der Waals surface area contributed by atoms with E-state index >= 15 is 0 Å². The summed E-state index contributed by atoms with van der Waals surface area (Å²) in [6.07, 6.45) is 13.9. The van der Waals surface area contributed by atoms with Crippen molar-refractivity contribution in [3.8, 4) is 84.4 Å². The molecule has 1 spiro atoms. The zero-order valence-electron chi connectivity index (χ0n) is 33.6. The summed E-state index contributed by atoms with van der Waals surface area (Å²) in [5, 5.41) is 0. The van der Waals surface area contributed by atoms with Crippen LogP contribution in [0.25, 0.3) is 78.7 Å². The van der Waals surface area contributed by atoms with E-state index in [-0.39, 0.29) is 0 Å². The highest BCUT2D eigenvalue weighted by Gasteiger charge is 2.54. The summed E-state index contributed by atoms with van der Waals surface area (Å²) < 4.78 is 6.79. The largest absolute Gasteiger partial charge is 0.457 e. The van der Waals surface area contributed by atoms with Gasteiger partial charge in [-0.05, 0) is 95.3 Å². The fourth-order valence-electron chi connectivity index (χ4n) is 9.78. The van der Waals surface area contributed by atoms with Gasteiger partial charge < -0.3 is 4.74 Å². The van der Waals surface area contributed by atoms with Gasteiger partial charge >= 0.3 is 0 Å². The lowest BCUT2D eigenvalue weighted by molar-refractivity contribution is 0.383. The lowest BCUT2D eigenvalue weighted by atomic mass is 9.64. The van der Waals surface area contributed by atoms with Crippen LogP contribution in [-0.2, 0) is 5.41 Å². The van der Waals surface area contributed by atoms with Crippen LogP contribution in [0.3, 0.4) is 0 Å². The molecule has 6 nitrogen and oxygen atoms in total. The van der Waals surface area contributed by atoms with Crippen LogP contribution in [-0.4, -0.2) is 24.9 Å². The maximum Gasteiger partial charge on any atom is 0.161 e. The number of hydrogen-bond acceptors (Lipinski definition) is 6. The molecule has 0 bridgehead atoms. The summed E-state index contributed by atoms with van der Waals surface area (Å²) in [7, 11) is 0. The summed E-state index contributed by atoms with van der Waals surface area (Å²) in [5.74, 6) is 2.43. The van der Waals surface area contributed by atoms with Crippen molar-refractivity contribution in [2.24, 2.45) is 0 Å². The van der Waals surface area contributed by atoms with Crippen molar-refractivity contribution in [2.75, 3.05) is 0 Å². The van der Waals surface area contributed by atoms with Gasteiger partial charge in [-0.2, -0.15) is 0 Å². The van der Waals surface area contributed by atoms with E-state index in [1.54, 1.807) is 12.4 Å². The van der Waals surface area contributed by atoms with Gasteiger partial charge in [-0.3, -0.25) is 9.97 Å². The molecule has 0 fully saturated rings. The number of allylic oxidation sites excluding steroid dienone is 3. The zero-order chi connectivity index (χ0) is 41.0. The lowest BCUT2D eigenvalue weighted by Crippen LogP contribution is -2.36. The van der Waals surface area contributed by atoms with E-state index < -0.39 is 5.41 Å². The van der Waals surface area contributed by atoms with Crippen LogP contribution < -0.4 is 4.74 Å². The topological polar surface area (TPSA) is 73.7 Å². The Hall–Kier alpha value is -8.09. The third-order valence-electron chi connectivity index (χ3n) is 12.4. The van der Waals surface area contributed by atoms with Gasteiger partial charge in [0, 0.05) is 69.3 Å². The Morgan fingerprint density at radius 2 is 1.03 bits per heavy atom. The average molecular weight is 796 g/mol. The molecule has 5 heterocycles. The van der Waals surface area contributed by atoms with Crippen LogP contribution in [0.15, 0.2) is 212 Å². The minimum atomic E-state index is -0.686. The molecular weight excluding hydrogens is 759 g/mol. The molecule has 0 saturated heterocycles. The minimum Gasteiger partial charge on any atom is -0.457 e. The summed E-state index contributed by atoms with van der Waals surface area (Å²) in [4.78, 5) is 25.3. The molecule has 0 N–H and O–H groups in total. The van der Waals surface area contributed by atoms with Crippen molar-refractivity contribution < 1.29 is 4.74 Å². The Labute approximate surface area is 359 Å². The molecule has 1 atom stereocenters. The van der Waals surface area contributed by atoms with Gasteiger partial charge in [0.05, 0.1) is 28.2 Å². The molecule has 62 heavy (non-hydrogen) atoms. The first kappa shape index (κ1) is 35.8. The second kappa shape index (κ2) is 14.6. The van der Waals surface area contributed by atoms with Crippen molar-refractivity contribution in [3.05, 3.63) is 229 Å². The number of aromatic nitrogens is 5. The molecule has 4 aromatic heterocycles. The van der Waals surface area contributed by atoms with Gasteiger partial charge in [-0.15, -0.1) is 0 Å².